The maximum absolute atomic E-state index is 14.2. The quantitative estimate of drug-likeness (QED) is 0.318. The molecule has 0 aromatic heterocycles. The molecule has 1 aliphatic carbocycles. The molecule has 208 valence electrons. The number of nitrogens with zero attached hydrogens (tertiary/aromatic N) is 1. The van der Waals surface area contributed by atoms with E-state index in [2.05, 4.69) is 0 Å². The molecule has 1 atom stereocenters. The molecule has 3 aromatic rings. The van der Waals surface area contributed by atoms with Crippen LogP contribution >= 0.6 is 0 Å². The normalized spacial score (nSPS) is 14.8. The second-order valence-corrected chi connectivity index (χ2v) is 9.24. The Labute approximate surface area is 224 Å². The van der Waals surface area contributed by atoms with Crippen molar-refractivity contribution in [1.29, 1.82) is 0 Å². The summed E-state index contributed by atoms with van der Waals surface area (Å²) in [5.41, 5.74) is -3.23. The average Bonchev–Trinajstić information content (AvgIpc) is 2.89. The van der Waals surface area contributed by atoms with E-state index in [1.54, 1.807) is 24.3 Å². The number of fused-ring (bicyclic) bond motifs is 1. The number of carbonyl (C=O) groups excluding carboxylic acids is 1. The smallest absolute Gasteiger partial charge is 0.416 e. The molecule has 3 aromatic carbocycles. The van der Waals surface area contributed by atoms with E-state index in [0.29, 0.717) is 49.1 Å². The average molecular weight is 559 g/mol. The molecule has 12 heteroatoms. The van der Waals surface area contributed by atoms with Crippen molar-refractivity contribution in [3.63, 3.8) is 0 Å². The number of carboxylic acids is 3. The van der Waals surface area contributed by atoms with Gasteiger partial charge in [-0.15, -0.1) is 0 Å². The molecule has 8 nitrogen and oxygen atoms in total. The van der Waals surface area contributed by atoms with Gasteiger partial charge in [0.1, 0.15) is 5.82 Å². The Morgan fingerprint density at radius 3 is 2.00 bits per heavy atom. The fourth-order valence-electron chi connectivity index (χ4n) is 4.94. The highest BCUT2D eigenvalue weighted by atomic mass is 19.4. The number of carboxylic acid groups (broad SMARTS) is 3. The number of aromatic carboxylic acids is 3. The topological polar surface area (TPSA) is 132 Å². The van der Waals surface area contributed by atoms with Gasteiger partial charge < -0.3 is 20.2 Å². The van der Waals surface area contributed by atoms with Gasteiger partial charge in [-0.25, -0.2) is 18.8 Å². The molecule has 0 saturated heterocycles. The second-order valence-electron chi connectivity index (χ2n) is 9.24. The number of amides is 1. The first-order valence-electron chi connectivity index (χ1n) is 11.9. The summed E-state index contributed by atoms with van der Waals surface area (Å²) in [5, 5.41) is 28.7. The number of aryl methyl sites for hydroxylation is 1. The highest BCUT2D eigenvalue weighted by molar-refractivity contribution is 6.10. The van der Waals surface area contributed by atoms with E-state index in [-0.39, 0.29) is 5.56 Å². The summed E-state index contributed by atoms with van der Waals surface area (Å²) in [5.74, 6) is -7.48. The summed E-state index contributed by atoms with van der Waals surface area (Å²) in [6, 6.07) is 9.16. The highest BCUT2D eigenvalue weighted by Crippen LogP contribution is 2.38. The highest BCUT2D eigenvalue weighted by Gasteiger charge is 2.35. The molecule has 0 aliphatic heterocycles. The third-order valence-electron chi connectivity index (χ3n) is 6.69. The predicted molar refractivity (Wildman–Crippen MR) is 131 cm³/mol. The zero-order valence-electron chi connectivity index (χ0n) is 20.5. The molecule has 3 N–H and O–H groups in total. The Balaban J connectivity index is 1.92. The van der Waals surface area contributed by atoms with E-state index >= 15 is 0 Å². The summed E-state index contributed by atoms with van der Waals surface area (Å²) >= 11 is 0. The Morgan fingerprint density at radius 2 is 1.40 bits per heavy atom. The lowest BCUT2D eigenvalue weighted by Gasteiger charge is -2.36. The van der Waals surface area contributed by atoms with E-state index in [1.165, 1.54) is 0 Å². The molecule has 1 aliphatic rings. The first-order valence-corrected chi connectivity index (χ1v) is 11.9. The van der Waals surface area contributed by atoms with Crippen molar-refractivity contribution in [3.8, 4) is 0 Å². The summed E-state index contributed by atoms with van der Waals surface area (Å²) in [6.07, 6.45) is -3.36. The van der Waals surface area contributed by atoms with Crippen LogP contribution in [0.5, 0.6) is 0 Å². The molecule has 0 heterocycles. The number of benzene rings is 3. The lowest BCUT2D eigenvalue weighted by atomic mass is 9.86. The Kier molecular flexibility index (Phi) is 7.63. The van der Waals surface area contributed by atoms with Crippen LogP contribution in [0.1, 0.15) is 82.6 Å². The zero-order chi connectivity index (χ0) is 29.4. The van der Waals surface area contributed by atoms with E-state index in [0.717, 1.165) is 16.5 Å². The van der Waals surface area contributed by atoms with Crippen LogP contribution in [-0.2, 0) is 19.1 Å². The van der Waals surface area contributed by atoms with Crippen molar-refractivity contribution in [3.05, 3.63) is 105 Å². The maximum atomic E-state index is 14.2. The van der Waals surface area contributed by atoms with Gasteiger partial charge in [-0.05, 0) is 66.3 Å². The first kappa shape index (κ1) is 28.3. The van der Waals surface area contributed by atoms with Crippen molar-refractivity contribution < 1.29 is 52.1 Å². The number of carbonyl (C=O) groups is 4. The van der Waals surface area contributed by atoms with Crippen LogP contribution in [0, 0.1) is 5.82 Å². The van der Waals surface area contributed by atoms with E-state index in [9.17, 15) is 52.1 Å². The van der Waals surface area contributed by atoms with Crippen LogP contribution < -0.4 is 0 Å². The minimum Gasteiger partial charge on any atom is -0.478 e. The molecule has 0 spiro atoms. The van der Waals surface area contributed by atoms with Gasteiger partial charge in [0.05, 0.1) is 33.9 Å². The monoisotopic (exact) mass is 559 g/mol. The zero-order valence-corrected chi connectivity index (χ0v) is 20.5. The van der Waals surface area contributed by atoms with Crippen LogP contribution in [0.25, 0.3) is 0 Å². The van der Waals surface area contributed by atoms with Crippen LogP contribution in [0.2, 0.25) is 0 Å². The van der Waals surface area contributed by atoms with Crippen LogP contribution in [0.4, 0.5) is 17.6 Å². The van der Waals surface area contributed by atoms with Gasteiger partial charge in [0.25, 0.3) is 5.91 Å². The molecule has 0 unspecified atom stereocenters. The lowest BCUT2D eigenvalue weighted by Crippen LogP contribution is -2.37. The number of alkyl halides is 3. The molecule has 0 saturated carbocycles. The van der Waals surface area contributed by atoms with Crippen LogP contribution in [0.3, 0.4) is 0 Å². The minimum absolute atomic E-state index is 0.235. The van der Waals surface area contributed by atoms with Crippen molar-refractivity contribution in [1.82, 2.24) is 4.90 Å². The molecular weight excluding hydrogens is 538 g/mol. The Morgan fingerprint density at radius 1 is 0.825 bits per heavy atom. The van der Waals surface area contributed by atoms with Gasteiger partial charge in [0.2, 0.25) is 0 Å². The fraction of sp³-hybridized carbons (Fsp3) is 0.214. The second kappa shape index (κ2) is 10.8. The van der Waals surface area contributed by atoms with Crippen molar-refractivity contribution in [2.24, 2.45) is 0 Å². The van der Waals surface area contributed by atoms with Crippen LogP contribution in [-0.4, -0.2) is 44.0 Å². The van der Waals surface area contributed by atoms with Crippen molar-refractivity contribution in [2.75, 3.05) is 0 Å². The van der Waals surface area contributed by atoms with E-state index < -0.39 is 76.2 Å². The third-order valence-corrected chi connectivity index (χ3v) is 6.69. The number of rotatable bonds is 7. The largest absolute Gasteiger partial charge is 0.478 e. The first-order chi connectivity index (χ1) is 18.8. The lowest BCUT2D eigenvalue weighted by molar-refractivity contribution is -0.137. The van der Waals surface area contributed by atoms with Gasteiger partial charge in [0.15, 0.2) is 0 Å². The van der Waals surface area contributed by atoms with E-state index in [4.69, 9.17) is 0 Å². The van der Waals surface area contributed by atoms with E-state index in [1.807, 2.05) is 0 Å². The molecular formula is C28H21F4NO7. The Hall–Kier alpha value is -4.74. The van der Waals surface area contributed by atoms with Crippen LogP contribution in [0.15, 0.2) is 54.6 Å². The van der Waals surface area contributed by atoms with Gasteiger partial charge >= 0.3 is 24.1 Å². The summed E-state index contributed by atoms with van der Waals surface area (Å²) in [6.45, 7) is -0.583. The third kappa shape index (κ3) is 5.65. The van der Waals surface area contributed by atoms with Crippen molar-refractivity contribution in [2.45, 2.75) is 38.0 Å². The van der Waals surface area contributed by atoms with Gasteiger partial charge in [0, 0.05) is 6.54 Å². The predicted octanol–water partition coefficient (Wildman–Crippen LogP) is 5.66. The molecule has 0 radical (unpaired) electrons. The van der Waals surface area contributed by atoms with Gasteiger partial charge in [-0.2, -0.15) is 13.2 Å². The molecule has 4 rings (SSSR count). The molecule has 0 fully saturated rings. The summed E-state index contributed by atoms with van der Waals surface area (Å²) < 4.78 is 54.5. The molecule has 40 heavy (non-hydrogen) atoms. The maximum Gasteiger partial charge on any atom is 0.416 e. The van der Waals surface area contributed by atoms with Gasteiger partial charge in [-0.3, -0.25) is 4.79 Å². The number of hydrogen-bond acceptors (Lipinski definition) is 4. The summed E-state index contributed by atoms with van der Waals surface area (Å²) in [4.78, 5) is 50.5. The number of hydrogen-bond donors (Lipinski definition) is 3. The number of halogens is 4. The standard InChI is InChI=1S/C28H21F4NO7/c29-17-9-14(8-16(10-17)28(30,31)32)13-33(23-7-3-5-15-4-1-2-6-18(15)23)24(34)19-11-21(26(37)38)22(27(39)40)12-20(19)25(35)36/h1-2,4,6,8-12,23H,3,5,7,13H2,(H,35,36)(H,37,38)(H,39,40)/t23-/m0/s1. The summed E-state index contributed by atoms with van der Waals surface area (Å²) in [7, 11) is 0. The Bertz CT molecular complexity index is 1530. The molecule has 0 bridgehead atoms. The molecule has 1 amide bonds. The van der Waals surface area contributed by atoms with Gasteiger partial charge in [-0.1, -0.05) is 24.3 Å². The minimum atomic E-state index is -4.89. The SMILES string of the molecule is O=C(O)c1cc(C(=O)O)c(C(=O)N(Cc2cc(F)cc(C(F)(F)F)c2)[C@H]2CCCc3ccccc32)cc1C(=O)O. The fourth-order valence-corrected chi connectivity index (χ4v) is 4.94. The van der Waals surface area contributed by atoms with Crippen molar-refractivity contribution >= 4 is 23.8 Å².